The molecule has 0 saturated heterocycles. The molecule has 0 aliphatic carbocycles. The van der Waals surface area contributed by atoms with Gasteiger partial charge in [-0.1, -0.05) is 42.5 Å². The summed E-state index contributed by atoms with van der Waals surface area (Å²) in [6, 6.07) is 20.0. The molecule has 2 aromatic carbocycles. The highest BCUT2D eigenvalue weighted by Gasteiger charge is 2.27. The van der Waals surface area contributed by atoms with Crippen LogP contribution in [0.3, 0.4) is 0 Å². The first kappa shape index (κ1) is 16.6. The predicted octanol–water partition coefficient (Wildman–Crippen LogP) is 5.40. The second-order valence-corrected chi connectivity index (χ2v) is 7.42. The van der Waals surface area contributed by atoms with Crippen molar-refractivity contribution in [2.45, 2.75) is 13.0 Å². The molecule has 26 heavy (non-hydrogen) atoms. The molecule has 0 saturated carbocycles. The number of nitrogens with zero attached hydrogens (tertiary/aromatic N) is 1. The number of para-hydroxylation sites is 1. The topological polar surface area (TPSA) is 36.1 Å². The highest BCUT2D eigenvalue weighted by atomic mass is 32.1. The third-order valence-corrected chi connectivity index (χ3v) is 5.74. The van der Waals surface area contributed by atoms with Crippen molar-refractivity contribution in [3.63, 3.8) is 0 Å². The second-order valence-electron chi connectivity index (χ2n) is 6.44. The highest BCUT2D eigenvalue weighted by Crippen LogP contribution is 2.36. The summed E-state index contributed by atoms with van der Waals surface area (Å²) in [5, 5.41) is 3.21. The summed E-state index contributed by atoms with van der Waals surface area (Å²) >= 11 is 1.68. The summed E-state index contributed by atoms with van der Waals surface area (Å²) in [7, 11) is 1.89. The van der Waals surface area contributed by atoms with Crippen LogP contribution in [-0.2, 0) is 0 Å². The highest BCUT2D eigenvalue weighted by molar-refractivity contribution is 7.10. The van der Waals surface area contributed by atoms with Gasteiger partial charge in [0.1, 0.15) is 0 Å². The number of aromatic nitrogens is 1. The SMILES string of the molecule is Cc1ccccc1C(=O)N(C)C(c1cccs1)c1c[nH]c2ccccc12. The Balaban J connectivity index is 1.82. The van der Waals surface area contributed by atoms with Gasteiger partial charge in [-0.25, -0.2) is 0 Å². The van der Waals surface area contributed by atoms with Crippen LogP contribution in [0, 0.1) is 6.92 Å². The maximum absolute atomic E-state index is 13.3. The molecular weight excluding hydrogens is 340 g/mol. The second kappa shape index (κ2) is 6.81. The molecule has 0 spiro atoms. The Hall–Kier alpha value is -2.85. The number of amides is 1. The van der Waals surface area contributed by atoms with Gasteiger partial charge in [0.05, 0.1) is 6.04 Å². The summed E-state index contributed by atoms with van der Waals surface area (Å²) in [6.07, 6.45) is 2.02. The maximum atomic E-state index is 13.3. The van der Waals surface area contributed by atoms with E-state index in [0.29, 0.717) is 0 Å². The van der Waals surface area contributed by atoms with Gasteiger partial charge >= 0.3 is 0 Å². The van der Waals surface area contributed by atoms with E-state index in [9.17, 15) is 4.79 Å². The van der Waals surface area contributed by atoms with Crippen LogP contribution in [-0.4, -0.2) is 22.8 Å². The number of carbonyl (C=O) groups excluding carboxylic acids is 1. The minimum absolute atomic E-state index is 0.0341. The van der Waals surface area contributed by atoms with E-state index in [1.807, 2.05) is 67.5 Å². The molecule has 3 nitrogen and oxygen atoms in total. The van der Waals surface area contributed by atoms with Crippen molar-refractivity contribution in [3.8, 4) is 0 Å². The first-order valence-corrected chi connectivity index (χ1v) is 9.47. The molecule has 0 bridgehead atoms. The van der Waals surface area contributed by atoms with Crippen molar-refractivity contribution >= 4 is 28.1 Å². The van der Waals surface area contributed by atoms with Crippen LogP contribution in [0.25, 0.3) is 10.9 Å². The molecule has 1 atom stereocenters. The number of benzene rings is 2. The van der Waals surface area contributed by atoms with E-state index in [2.05, 4.69) is 28.6 Å². The first-order chi connectivity index (χ1) is 12.7. The zero-order chi connectivity index (χ0) is 18.1. The number of hydrogen-bond acceptors (Lipinski definition) is 2. The van der Waals surface area contributed by atoms with Crippen molar-refractivity contribution in [1.29, 1.82) is 0 Å². The van der Waals surface area contributed by atoms with Gasteiger partial charge in [0.2, 0.25) is 0 Å². The van der Waals surface area contributed by atoms with Gasteiger partial charge in [-0.3, -0.25) is 4.79 Å². The molecule has 4 rings (SSSR count). The fourth-order valence-electron chi connectivity index (χ4n) is 3.44. The lowest BCUT2D eigenvalue weighted by Gasteiger charge is -2.28. The molecule has 2 heterocycles. The molecule has 1 N–H and O–H groups in total. The van der Waals surface area contributed by atoms with Crippen LogP contribution in [0.4, 0.5) is 0 Å². The van der Waals surface area contributed by atoms with Gasteiger partial charge in [0, 0.05) is 40.2 Å². The van der Waals surface area contributed by atoms with Gasteiger partial charge < -0.3 is 9.88 Å². The molecule has 0 radical (unpaired) electrons. The van der Waals surface area contributed by atoms with Crippen LogP contribution < -0.4 is 0 Å². The third kappa shape index (κ3) is 2.82. The molecule has 1 amide bonds. The summed E-state index contributed by atoms with van der Waals surface area (Å²) in [5.74, 6) is 0.0341. The fourth-order valence-corrected chi connectivity index (χ4v) is 4.33. The molecule has 2 aromatic heterocycles. The summed E-state index contributed by atoms with van der Waals surface area (Å²) in [6.45, 7) is 1.98. The monoisotopic (exact) mass is 360 g/mol. The summed E-state index contributed by atoms with van der Waals surface area (Å²) < 4.78 is 0. The standard InChI is InChI=1S/C22H20N2OS/c1-15-8-3-4-9-16(15)22(25)24(2)21(20-12-7-13-26-20)18-14-23-19-11-6-5-10-17(18)19/h3-14,21,23H,1-2H3. The zero-order valence-corrected chi connectivity index (χ0v) is 15.6. The lowest BCUT2D eigenvalue weighted by Crippen LogP contribution is -2.32. The lowest BCUT2D eigenvalue weighted by molar-refractivity contribution is 0.0757. The molecule has 0 aliphatic heterocycles. The average molecular weight is 360 g/mol. The largest absolute Gasteiger partial charge is 0.361 e. The normalized spacial score (nSPS) is 12.2. The van der Waals surface area contributed by atoms with Crippen LogP contribution in [0.1, 0.15) is 32.4 Å². The Bertz CT molecular complexity index is 1050. The number of carbonyl (C=O) groups is 1. The van der Waals surface area contributed by atoms with Gasteiger partial charge in [-0.15, -0.1) is 11.3 Å². The quantitative estimate of drug-likeness (QED) is 0.520. The van der Waals surface area contributed by atoms with Crippen molar-refractivity contribution in [1.82, 2.24) is 9.88 Å². The van der Waals surface area contributed by atoms with E-state index < -0.39 is 0 Å². The smallest absolute Gasteiger partial charge is 0.254 e. The van der Waals surface area contributed by atoms with Crippen molar-refractivity contribution in [2.24, 2.45) is 0 Å². The van der Waals surface area contributed by atoms with Crippen LogP contribution in [0.2, 0.25) is 0 Å². The maximum Gasteiger partial charge on any atom is 0.254 e. The number of hydrogen-bond donors (Lipinski definition) is 1. The molecule has 0 aliphatic rings. The van der Waals surface area contributed by atoms with Gasteiger partial charge in [-0.2, -0.15) is 0 Å². The van der Waals surface area contributed by atoms with Gasteiger partial charge in [-0.05, 0) is 36.1 Å². The van der Waals surface area contributed by atoms with E-state index in [1.165, 1.54) is 0 Å². The van der Waals surface area contributed by atoms with E-state index >= 15 is 0 Å². The predicted molar refractivity (Wildman–Crippen MR) is 108 cm³/mol. The number of aryl methyl sites for hydroxylation is 1. The lowest BCUT2D eigenvalue weighted by atomic mass is 10.0. The molecule has 1 unspecified atom stereocenters. The Morgan fingerprint density at radius 2 is 1.81 bits per heavy atom. The van der Waals surface area contributed by atoms with Gasteiger partial charge in [0.15, 0.2) is 0 Å². The molecule has 4 heteroatoms. The molecule has 0 fully saturated rings. The van der Waals surface area contributed by atoms with Crippen LogP contribution in [0.15, 0.2) is 72.2 Å². The number of H-pyrrole nitrogens is 1. The molecule has 130 valence electrons. The Labute approximate surface area is 156 Å². The number of thiophene rings is 1. The van der Waals surface area contributed by atoms with Gasteiger partial charge in [0.25, 0.3) is 5.91 Å². The number of fused-ring (bicyclic) bond motifs is 1. The molecule has 4 aromatic rings. The third-order valence-electron chi connectivity index (χ3n) is 4.81. The van der Waals surface area contributed by atoms with E-state index in [0.717, 1.165) is 32.5 Å². The van der Waals surface area contributed by atoms with E-state index in [1.54, 1.807) is 11.3 Å². The van der Waals surface area contributed by atoms with E-state index in [4.69, 9.17) is 0 Å². The number of aromatic amines is 1. The minimum Gasteiger partial charge on any atom is -0.361 e. The van der Waals surface area contributed by atoms with E-state index in [-0.39, 0.29) is 11.9 Å². The van der Waals surface area contributed by atoms with Crippen molar-refractivity contribution in [2.75, 3.05) is 7.05 Å². The Morgan fingerprint density at radius 1 is 1.04 bits per heavy atom. The van der Waals surface area contributed by atoms with Crippen LogP contribution in [0.5, 0.6) is 0 Å². The minimum atomic E-state index is -0.127. The number of rotatable bonds is 4. The first-order valence-electron chi connectivity index (χ1n) is 8.59. The zero-order valence-electron chi connectivity index (χ0n) is 14.8. The molecular formula is C22H20N2OS. The number of nitrogens with one attached hydrogen (secondary N) is 1. The summed E-state index contributed by atoms with van der Waals surface area (Å²) in [5.41, 5.74) is 3.94. The average Bonchev–Trinajstić information content (AvgIpc) is 3.33. The Morgan fingerprint density at radius 3 is 2.58 bits per heavy atom. The fraction of sp³-hybridized carbons (Fsp3) is 0.136. The Kier molecular flexibility index (Phi) is 4.35. The van der Waals surface area contributed by atoms with Crippen molar-refractivity contribution < 1.29 is 4.79 Å². The summed E-state index contributed by atoms with van der Waals surface area (Å²) in [4.78, 5) is 19.6. The van der Waals surface area contributed by atoms with Crippen LogP contribution >= 0.6 is 11.3 Å². The van der Waals surface area contributed by atoms with Crippen molar-refractivity contribution in [3.05, 3.63) is 93.8 Å².